The molecular weight excluding hydrogens is 147 g/mol. The molecule has 1 saturated heterocycles. The van der Waals surface area contributed by atoms with Crippen molar-refractivity contribution in [3.8, 4) is 0 Å². The lowest BCUT2D eigenvalue weighted by molar-refractivity contribution is -0.120. The first-order valence-corrected chi connectivity index (χ1v) is 4.89. The molecule has 0 aromatic heterocycles. The van der Waals surface area contributed by atoms with E-state index in [1.807, 2.05) is 0 Å². The van der Waals surface area contributed by atoms with Crippen molar-refractivity contribution >= 4 is 14.5 Å². The van der Waals surface area contributed by atoms with Crippen LogP contribution in [0.1, 0.15) is 19.8 Å². The highest BCUT2D eigenvalue weighted by Crippen LogP contribution is 2.21. The molecule has 1 amide bonds. The molecule has 1 aliphatic heterocycles. The number of amides is 1. The first-order valence-electron chi connectivity index (χ1n) is 3.60. The fourth-order valence-electron chi connectivity index (χ4n) is 0.942. The van der Waals surface area contributed by atoms with Crippen LogP contribution >= 0.6 is 8.58 Å². The minimum Gasteiger partial charge on any atom is -0.291 e. The van der Waals surface area contributed by atoms with E-state index in [-0.39, 0.29) is 5.91 Å². The minimum absolute atomic E-state index is 0.130. The normalized spacial score (nSPS) is 28.5. The Hall–Kier alpha value is -0.140. The van der Waals surface area contributed by atoms with Crippen LogP contribution in [0.15, 0.2) is 0 Å². The molecule has 1 fully saturated rings. The summed E-state index contributed by atoms with van der Waals surface area (Å²) in [4.78, 5) is 10.6. The second kappa shape index (κ2) is 3.89. The Morgan fingerprint density at radius 3 is 3.10 bits per heavy atom. The summed E-state index contributed by atoms with van der Waals surface area (Å²) in [6, 6.07) is 0. The summed E-state index contributed by atoms with van der Waals surface area (Å²) < 4.78 is 0. The van der Waals surface area contributed by atoms with E-state index in [0.717, 1.165) is 8.58 Å². The van der Waals surface area contributed by atoms with Crippen LogP contribution in [-0.4, -0.2) is 17.9 Å². The van der Waals surface area contributed by atoms with E-state index in [9.17, 15) is 4.79 Å². The number of nitrogens with one attached hydrogen (secondary N) is 2. The van der Waals surface area contributed by atoms with Crippen LogP contribution in [0.3, 0.4) is 0 Å². The van der Waals surface area contributed by atoms with Gasteiger partial charge in [0.25, 0.3) is 0 Å². The first-order chi connectivity index (χ1) is 4.83. The molecule has 0 radical (unpaired) electrons. The Balaban J connectivity index is 2.19. The highest BCUT2D eigenvalue weighted by Gasteiger charge is 2.15. The summed E-state index contributed by atoms with van der Waals surface area (Å²) >= 11 is 0. The van der Waals surface area contributed by atoms with Crippen molar-refractivity contribution in [3.05, 3.63) is 0 Å². The van der Waals surface area contributed by atoms with Crippen LogP contribution in [0.5, 0.6) is 0 Å². The van der Waals surface area contributed by atoms with Gasteiger partial charge in [0.2, 0.25) is 5.91 Å². The van der Waals surface area contributed by atoms with Gasteiger partial charge < -0.3 is 0 Å². The lowest BCUT2D eigenvalue weighted by Crippen LogP contribution is -2.47. The quantitative estimate of drug-likeness (QED) is 0.575. The highest BCUT2D eigenvalue weighted by molar-refractivity contribution is 7.40. The predicted molar refractivity (Wildman–Crippen MR) is 43.2 cm³/mol. The van der Waals surface area contributed by atoms with Gasteiger partial charge in [0.05, 0.1) is 0 Å². The molecule has 0 spiro atoms. The number of carbonyl (C=O) groups excluding carboxylic acids is 1. The molecule has 2 N–H and O–H groups in total. The van der Waals surface area contributed by atoms with E-state index < -0.39 is 0 Å². The molecule has 4 heteroatoms. The van der Waals surface area contributed by atoms with Crippen molar-refractivity contribution in [1.29, 1.82) is 0 Å². The maximum atomic E-state index is 10.6. The molecule has 1 heterocycles. The smallest absolute Gasteiger partial charge is 0.238 e. The van der Waals surface area contributed by atoms with E-state index in [1.165, 1.54) is 12.8 Å². The minimum atomic E-state index is 0.130. The molecular formula is C6H13N2OP. The van der Waals surface area contributed by atoms with Gasteiger partial charge in [0.15, 0.2) is 0 Å². The SMILES string of the molecule is CCCC1NNC(=O)CP1. The standard InChI is InChI=1S/C6H13N2OP/c1-2-3-6-8-7-5(9)4-10-6/h6,8,10H,2-4H2,1H3,(H,7,9). The van der Waals surface area contributed by atoms with Crippen molar-refractivity contribution in [1.82, 2.24) is 10.9 Å². The average Bonchev–Trinajstić information content (AvgIpc) is 1.95. The van der Waals surface area contributed by atoms with Gasteiger partial charge in [-0.05, 0) is 6.42 Å². The summed E-state index contributed by atoms with van der Waals surface area (Å²) in [6.07, 6.45) is 3.05. The number of rotatable bonds is 2. The Morgan fingerprint density at radius 2 is 2.60 bits per heavy atom. The fourth-order valence-corrected chi connectivity index (χ4v) is 2.13. The monoisotopic (exact) mass is 160 g/mol. The number of hydrogen-bond acceptors (Lipinski definition) is 2. The molecule has 58 valence electrons. The second-order valence-electron chi connectivity index (χ2n) is 2.41. The molecule has 0 aromatic carbocycles. The molecule has 2 atom stereocenters. The Morgan fingerprint density at radius 1 is 1.80 bits per heavy atom. The number of hydrazine groups is 1. The second-order valence-corrected chi connectivity index (χ2v) is 3.87. The summed E-state index contributed by atoms with van der Waals surface area (Å²) in [7, 11) is 0.757. The van der Waals surface area contributed by atoms with E-state index in [1.54, 1.807) is 0 Å². The summed E-state index contributed by atoms with van der Waals surface area (Å²) in [5.74, 6) is 0.661. The third-order valence-corrected chi connectivity index (χ3v) is 2.92. The van der Waals surface area contributed by atoms with Crippen LogP contribution in [0.4, 0.5) is 0 Å². The molecule has 0 saturated carbocycles. The Bertz CT molecular complexity index is 119. The van der Waals surface area contributed by atoms with Gasteiger partial charge in [0.1, 0.15) is 0 Å². The van der Waals surface area contributed by atoms with Gasteiger partial charge >= 0.3 is 0 Å². The molecule has 0 bridgehead atoms. The van der Waals surface area contributed by atoms with Gasteiger partial charge in [-0.25, -0.2) is 5.43 Å². The van der Waals surface area contributed by atoms with Crippen molar-refractivity contribution in [2.24, 2.45) is 0 Å². The van der Waals surface area contributed by atoms with Crippen molar-refractivity contribution in [3.63, 3.8) is 0 Å². The zero-order valence-electron chi connectivity index (χ0n) is 6.11. The maximum absolute atomic E-state index is 10.6. The third-order valence-electron chi connectivity index (χ3n) is 1.47. The zero-order valence-corrected chi connectivity index (χ0v) is 7.11. The van der Waals surface area contributed by atoms with Crippen LogP contribution in [0.25, 0.3) is 0 Å². The fraction of sp³-hybridized carbons (Fsp3) is 0.833. The average molecular weight is 160 g/mol. The van der Waals surface area contributed by atoms with E-state index in [4.69, 9.17) is 0 Å². The maximum Gasteiger partial charge on any atom is 0.238 e. The van der Waals surface area contributed by atoms with E-state index in [0.29, 0.717) is 11.9 Å². The molecule has 10 heavy (non-hydrogen) atoms. The summed E-state index contributed by atoms with van der Waals surface area (Å²) in [5, 5.41) is 0. The first kappa shape index (κ1) is 7.96. The van der Waals surface area contributed by atoms with Gasteiger partial charge in [0, 0.05) is 11.9 Å². The van der Waals surface area contributed by atoms with Crippen LogP contribution in [0, 0.1) is 0 Å². The molecule has 3 nitrogen and oxygen atoms in total. The van der Waals surface area contributed by atoms with Gasteiger partial charge in [-0.15, -0.1) is 0 Å². The van der Waals surface area contributed by atoms with Crippen LogP contribution < -0.4 is 10.9 Å². The highest BCUT2D eigenvalue weighted by atomic mass is 31.1. The number of hydrogen-bond donors (Lipinski definition) is 2. The van der Waals surface area contributed by atoms with E-state index in [2.05, 4.69) is 17.8 Å². The van der Waals surface area contributed by atoms with Gasteiger partial charge in [-0.2, -0.15) is 0 Å². The predicted octanol–water partition coefficient (Wildman–Crippen LogP) is 0.425. The van der Waals surface area contributed by atoms with Crippen LogP contribution in [0.2, 0.25) is 0 Å². The Kier molecular flexibility index (Phi) is 3.10. The summed E-state index contributed by atoms with van der Waals surface area (Å²) in [6.45, 7) is 2.16. The third kappa shape index (κ3) is 2.24. The summed E-state index contributed by atoms with van der Waals surface area (Å²) in [5.41, 5.74) is 5.62. The topological polar surface area (TPSA) is 41.1 Å². The molecule has 0 aromatic rings. The van der Waals surface area contributed by atoms with Crippen molar-refractivity contribution in [2.45, 2.75) is 25.5 Å². The largest absolute Gasteiger partial charge is 0.291 e. The number of carbonyl (C=O) groups is 1. The molecule has 1 rings (SSSR count). The molecule has 1 aliphatic rings. The van der Waals surface area contributed by atoms with E-state index >= 15 is 0 Å². The van der Waals surface area contributed by atoms with Gasteiger partial charge in [-0.3, -0.25) is 10.2 Å². The van der Waals surface area contributed by atoms with Crippen molar-refractivity contribution < 1.29 is 4.79 Å². The Labute approximate surface area is 62.7 Å². The zero-order chi connectivity index (χ0) is 7.40. The lowest BCUT2D eigenvalue weighted by Gasteiger charge is -2.23. The van der Waals surface area contributed by atoms with Crippen LogP contribution in [-0.2, 0) is 4.79 Å². The molecule has 0 aliphatic carbocycles. The van der Waals surface area contributed by atoms with Crippen molar-refractivity contribution in [2.75, 3.05) is 6.16 Å². The van der Waals surface area contributed by atoms with Gasteiger partial charge in [-0.1, -0.05) is 21.9 Å². The molecule has 2 unspecified atom stereocenters. The lowest BCUT2D eigenvalue weighted by atomic mass is 10.3.